The van der Waals surface area contributed by atoms with Gasteiger partial charge in [0, 0.05) is 29.5 Å². The van der Waals surface area contributed by atoms with E-state index in [4.69, 9.17) is 9.47 Å². The Bertz CT molecular complexity index is 1860. The molecular weight excluding hydrogens is 683 g/mol. The second kappa shape index (κ2) is 16.5. The summed E-state index contributed by atoms with van der Waals surface area (Å²) in [5.41, 5.74) is -0.380. The standard InChI is InChI=1S/C41H52F3N5O4/c1-7-8-9-10-11-12-13-14-34(38(2,3)4)53-39(5,6)40(25-52-26-40)49-24-33(32-23-46-27-47-37(32)49)36(51)29-20-31(22-45-21-29)48-35(50)19-28-15-17-30(18-16-28)41(42,43)44/h15-18,20-24,27,34H,7-14,19,25-26H2,1-6H3,(H,48,50). The number of pyridine rings is 1. The molecule has 0 saturated carbocycles. The maximum atomic E-state index is 14.2. The highest BCUT2D eigenvalue weighted by Gasteiger charge is 2.56. The zero-order chi connectivity index (χ0) is 38.4. The van der Waals surface area contributed by atoms with E-state index >= 15 is 0 Å². The molecule has 0 bridgehead atoms. The molecule has 1 atom stereocenters. The number of hydrogen-bond acceptors (Lipinski definition) is 7. The molecular formula is C41H52F3N5O4. The molecule has 0 aliphatic carbocycles. The first-order valence-corrected chi connectivity index (χ1v) is 18.6. The minimum absolute atomic E-state index is 0.00792. The Morgan fingerprint density at radius 2 is 1.62 bits per heavy atom. The second-order valence-corrected chi connectivity index (χ2v) is 15.8. The Kier molecular flexibility index (Phi) is 12.4. The van der Waals surface area contributed by atoms with E-state index in [1.165, 1.54) is 75.4 Å². The van der Waals surface area contributed by atoms with E-state index in [0.717, 1.165) is 25.0 Å². The molecule has 1 fully saturated rings. The van der Waals surface area contributed by atoms with Crippen molar-refractivity contribution in [3.05, 3.63) is 83.7 Å². The summed E-state index contributed by atoms with van der Waals surface area (Å²) in [4.78, 5) is 40.0. The number of nitrogens with one attached hydrogen (secondary N) is 1. The van der Waals surface area contributed by atoms with E-state index in [1.807, 2.05) is 4.57 Å². The van der Waals surface area contributed by atoms with Crippen LogP contribution in [0.2, 0.25) is 0 Å². The van der Waals surface area contributed by atoms with E-state index < -0.39 is 28.8 Å². The Morgan fingerprint density at radius 1 is 0.943 bits per heavy atom. The summed E-state index contributed by atoms with van der Waals surface area (Å²) >= 11 is 0. The van der Waals surface area contributed by atoms with Gasteiger partial charge in [0.2, 0.25) is 5.91 Å². The molecule has 1 amide bonds. The second-order valence-electron chi connectivity index (χ2n) is 15.8. The van der Waals surface area contributed by atoms with Crippen LogP contribution in [0.4, 0.5) is 18.9 Å². The van der Waals surface area contributed by atoms with Crippen molar-refractivity contribution in [2.75, 3.05) is 18.5 Å². The van der Waals surface area contributed by atoms with Gasteiger partial charge in [0.1, 0.15) is 17.5 Å². The van der Waals surface area contributed by atoms with Gasteiger partial charge in [0.25, 0.3) is 0 Å². The average molecular weight is 736 g/mol. The Labute approximate surface area is 310 Å². The first-order chi connectivity index (χ1) is 25.1. The highest BCUT2D eigenvalue weighted by atomic mass is 19.4. The van der Waals surface area contributed by atoms with E-state index in [-0.39, 0.29) is 35.0 Å². The maximum absolute atomic E-state index is 14.2. The molecule has 1 aliphatic rings. The van der Waals surface area contributed by atoms with Crippen molar-refractivity contribution >= 4 is 28.4 Å². The molecule has 4 heterocycles. The number of carbonyl (C=O) groups is 2. The molecule has 4 aromatic rings. The van der Waals surface area contributed by atoms with Crippen molar-refractivity contribution in [2.45, 2.75) is 123 Å². The van der Waals surface area contributed by atoms with Crippen LogP contribution in [0.3, 0.4) is 0 Å². The number of halogens is 3. The van der Waals surface area contributed by atoms with Gasteiger partial charge in [-0.05, 0) is 49.4 Å². The lowest BCUT2D eigenvalue weighted by molar-refractivity contribution is -0.241. The van der Waals surface area contributed by atoms with Gasteiger partial charge in [0.05, 0.1) is 54.4 Å². The van der Waals surface area contributed by atoms with E-state index in [2.05, 4.69) is 61.8 Å². The smallest absolute Gasteiger partial charge is 0.376 e. The predicted octanol–water partition coefficient (Wildman–Crippen LogP) is 9.33. The number of amides is 1. The third-order valence-corrected chi connectivity index (χ3v) is 10.4. The van der Waals surface area contributed by atoms with Gasteiger partial charge < -0.3 is 19.4 Å². The zero-order valence-electron chi connectivity index (χ0n) is 31.7. The molecule has 12 heteroatoms. The lowest BCUT2D eigenvalue weighted by atomic mass is 9.78. The van der Waals surface area contributed by atoms with Crippen LogP contribution in [0.25, 0.3) is 11.0 Å². The molecule has 1 aliphatic heterocycles. The van der Waals surface area contributed by atoms with Crippen LogP contribution in [-0.4, -0.2) is 56.1 Å². The topological polar surface area (TPSA) is 108 Å². The van der Waals surface area contributed by atoms with Crippen molar-refractivity contribution in [3.8, 4) is 0 Å². The van der Waals surface area contributed by atoms with Gasteiger partial charge in [-0.3, -0.25) is 14.6 Å². The predicted molar refractivity (Wildman–Crippen MR) is 199 cm³/mol. The molecule has 1 saturated heterocycles. The van der Waals surface area contributed by atoms with Crippen LogP contribution >= 0.6 is 0 Å². The van der Waals surface area contributed by atoms with Crippen LogP contribution in [0.5, 0.6) is 0 Å². The number of benzene rings is 1. The number of alkyl halides is 3. The number of aromatic nitrogens is 4. The monoisotopic (exact) mass is 735 g/mol. The average Bonchev–Trinajstić information content (AvgIpc) is 3.45. The molecule has 53 heavy (non-hydrogen) atoms. The molecule has 9 nitrogen and oxygen atoms in total. The summed E-state index contributed by atoms with van der Waals surface area (Å²) in [5, 5.41) is 3.27. The lowest BCUT2D eigenvalue weighted by Gasteiger charge is -2.54. The minimum Gasteiger partial charge on any atom is -0.376 e. The SMILES string of the molecule is CCCCCCCCCC(OC(C)(C)C1(n2cc(C(=O)c3cncc(NC(=O)Cc4ccc(C(F)(F)F)cc4)c3)c3cncnc32)COC1)C(C)(C)C. The molecule has 0 radical (unpaired) electrons. The van der Waals surface area contributed by atoms with Crippen LogP contribution in [0.15, 0.2) is 61.4 Å². The number of fused-ring (bicyclic) bond motifs is 1. The van der Waals surface area contributed by atoms with Crippen LogP contribution < -0.4 is 5.32 Å². The fourth-order valence-corrected chi connectivity index (χ4v) is 6.96. The quantitative estimate of drug-likeness (QED) is 0.0851. The summed E-state index contributed by atoms with van der Waals surface area (Å²) < 4.78 is 53.8. The van der Waals surface area contributed by atoms with Crippen LogP contribution in [-0.2, 0) is 32.4 Å². The van der Waals surface area contributed by atoms with E-state index in [0.29, 0.717) is 35.4 Å². The van der Waals surface area contributed by atoms with Gasteiger partial charge in [-0.25, -0.2) is 9.97 Å². The summed E-state index contributed by atoms with van der Waals surface area (Å²) in [6, 6.07) is 5.95. The maximum Gasteiger partial charge on any atom is 0.416 e. The van der Waals surface area contributed by atoms with Crippen molar-refractivity contribution in [3.63, 3.8) is 0 Å². The Hall–Kier alpha value is -4.16. The third-order valence-electron chi connectivity index (χ3n) is 10.4. The molecule has 5 rings (SSSR count). The number of carbonyl (C=O) groups excluding carboxylic acids is 2. The first kappa shape index (κ1) is 40.0. The molecule has 286 valence electrons. The van der Waals surface area contributed by atoms with Crippen LogP contribution in [0.1, 0.15) is 120 Å². The van der Waals surface area contributed by atoms with Crippen molar-refractivity contribution in [1.82, 2.24) is 19.5 Å². The summed E-state index contributed by atoms with van der Waals surface area (Å²) in [5.74, 6) is -0.800. The third kappa shape index (κ3) is 9.32. The number of nitrogens with zero attached hydrogens (tertiary/aromatic N) is 4. The van der Waals surface area contributed by atoms with Crippen LogP contribution in [0, 0.1) is 5.41 Å². The Balaban J connectivity index is 1.35. The number of rotatable bonds is 17. The number of hydrogen-bond donors (Lipinski definition) is 1. The van der Waals surface area contributed by atoms with E-state index in [1.54, 1.807) is 12.4 Å². The lowest BCUT2D eigenvalue weighted by Crippen LogP contribution is -2.66. The number of ether oxygens (including phenoxy) is 2. The largest absolute Gasteiger partial charge is 0.416 e. The summed E-state index contributed by atoms with van der Waals surface area (Å²) in [6.07, 6.45) is 12.6. The molecule has 1 unspecified atom stereocenters. The highest BCUT2D eigenvalue weighted by molar-refractivity contribution is 6.16. The van der Waals surface area contributed by atoms with Gasteiger partial charge in [0.15, 0.2) is 5.78 Å². The summed E-state index contributed by atoms with van der Waals surface area (Å²) in [7, 11) is 0. The van der Waals surface area contributed by atoms with Crippen molar-refractivity contribution in [1.29, 1.82) is 0 Å². The fraction of sp³-hybridized carbons (Fsp3) is 0.537. The normalized spacial score (nSPS) is 15.3. The highest BCUT2D eigenvalue weighted by Crippen LogP contribution is 2.45. The van der Waals surface area contributed by atoms with Gasteiger partial charge in [-0.1, -0.05) is 84.8 Å². The number of anilines is 1. The minimum atomic E-state index is -4.46. The van der Waals surface area contributed by atoms with Gasteiger partial charge in [-0.2, -0.15) is 13.2 Å². The molecule has 1 N–H and O–H groups in total. The fourth-order valence-electron chi connectivity index (χ4n) is 6.96. The first-order valence-electron chi connectivity index (χ1n) is 18.6. The van der Waals surface area contributed by atoms with E-state index in [9.17, 15) is 22.8 Å². The molecule has 1 aromatic carbocycles. The van der Waals surface area contributed by atoms with Crippen molar-refractivity contribution < 1.29 is 32.2 Å². The summed E-state index contributed by atoms with van der Waals surface area (Å²) in [6.45, 7) is 13.8. The zero-order valence-corrected chi connectivity index (χ0v) is 31.7. The Morgan fingerprint density at radius 3 is 2.25 bits per heavy atom. The molecule has 0 spiro atoms. The van der Waals surface area contributed by atoms with Crippen molar-refractivity contribution in [2.24, 2.45) is 5.41 Å². The molecule has 3 aromatic heterocycles. The van der Waals surface area contributed by atoms with Gasteiger partial charge in [-0.15, -0.1) is 0 Å². The number of unbranched alkanes of at least 4 members (excludes halogenated alkanes) is 6. The number of ketones is 1. The van der Waals surface area contributed by atoms with Gasteiger partial charge >= 0.3 is 6.18 Å².